The fraction of sp³-hybridized carbons (Fsp3) is 0.400. The summed E-state index contributed by atoms with van der Waals surface area (Å²) in [5.41, 5.74) is 4.90. The molecule has 0 radical (unpaired) electrons. The quantitative estimate of drug-likeness (QED) is 0.654. The van der Waals surface area contributed by atoms with Crippen molar-refractivity contribution in [2.24, 2.45) is 4.99 Å². The molecule has 0 unspecified atom stereocenters. The summed E-state index contributed by atoms with van der Waals surface area (Å²) in [5.74, 6) is 0. The Balaban J connectivity index is 0.00000106. The number of nitrogens with zero attached hydrogens (tertiary/aromatic N) is 1. The molecular formula is C15H23N. The van der Waals surface area contributed by atoms with Crippen molar-refractivity contribution in [1.82, 2.24) is 0 Å². The van der Waals surface area contributed by atoms with E-state index in [-0.39, 0.29) is 0 Å². The summed E-state index contributed by atoms with van der Waals surface area (Å²) in [4.78, 5) is 4.28. The molecule has 0 amide bonds. The Morgan fingerprint density at radius 3 is 2.31 bits per heavy atom. The molecule has 0 aromatic heterocycles. The molecule has 88 valence electrons. The minimum absolute atomic E-state index is 1.05. The van der Waals surface area contributed by atoms with Gasteiger partial charge in [0.2, 0.25) is 0 Å². The van der Waals surface area contributed by atoms with Gasteiger partial charge in [-0.05, 0) is 38.0 Å². The first-order chi connectivity index (χ1) is 7.70. The van der Waals surface area contributed by atoms with E-state index in [1.807, 2.05) is 40.0 Å². The lowest BCUT2D eigenvalue weighted by Gasteiger charge is -2.07. The van der Waals surface area contributed by atoms with Crippen LogP contribution in [0.5, 0.6) is 0 Å². The van der Waals surface area contributed by atoms with Gasteiger partial charge in [-0.15, -0.1) is 0 Å². The number of hydrogen-bond acceptors (Lipinski definition) is 1. The smallest absolute Gasteiger partial charge is 0.0642 e. The summed E-state index contributed by atoms with van der Waals surface area (Å²) in [7, 11) is 1.83. The van der Waals surface area contributed by atoms with E-state index in [1.54, 1.807) is 0 Å². The Hall–Kier alpha value is -1.37. The molecule has 1 nitrogen and oxygen atoms in total. The van der Waals surface area contributed by atoms with Gasteiger partial charge in [0.1, 0.15) is 0 Å². The molecule has 0 fully saturated rings. The second-order valence-electron chi connectivity index (χ2n) is 3.36. The maximum absolute atomic E-state index is 4.28. The summed E-state index contributed by atoms with van der Waals surface area (Å²) in [6.07, 6.45) is 4.06. The maximum Gasteiger partial charge on any atom is 0.0642 e. The van der Waals surface area contributed by atoms with Gasteiger partial charge in [0, 0.05) is 12.6 Å². The van der Waals surface area contributed by atoms with Crippen LogP contribution < -0.4 is 0 Å². The molecular weight excluding hydrogens is 194 g/mol. The Labute approximate surface area is 99.9 Å². The van der Waals surface area contributed by atoms with Gasteiger partial charge >= 0.3 is 0 Å². The molecule has 1 rings (SSSR count). The van der Waals surface area contributed by atoms with Crippen molar-refractivity contribution in [3.8, 4) is 0 Å². The molecule has 0 saturated carbocycles. The van der Waals surface area contributed by atoms with Gasteiger partial charge in [0.25, 0.3) is 0 Å². The van der Waals surface area contributed by atoms with Crippen LogP contribution in [0.1, 0.15) is 37.5 Å². The van der Waals surface area contributed by atoms with Crippen molar-refractivity contribution in [2.75, 3.05) is 7.05 Å². The third-order valence-corrected chi connectivity index (χ3v) is 2.45. The first-order valence-corrected chi connectivity index (χ1v) is 5.86. The average Bonchev–Trinajstić information content (AvgIpc) is 2.33. The van der Waals surface area contributed by atoms with Crippen LogP contribution in [0.4, 0.5) is 0 Å². The number of allylic oxidation sites excluding steroid dienone is 2. The van der Waals surface area contributed by atoms with Gasteiger partial charge in [-0.25, -0.2) is 0 Å². The summed E-state index contributed by atoms with van der Waals surface area (Å²) < 4.78 is 0. The third kappa shape index (κ3) is 3.65. The van der Waals surface area contributed by atoms with Crippen LogP contribution in [-0.2, 0) is 0 Å². The van der Waals surface area contributed by atoms with Crippen molar-refractivity contribution in [1.29, 1.82) is 0 Å². The number of benzene rings is 1. The number of aryl methyl sites for hydroxylation is 1. The van der Waals surface area contributed by atoms with Crippen LogP contribution in [0.2, 0.25) is 0 Å². The SMILES string of the molecule is C/C=C\C(=NC)c1cccc(C)c1C.CC. The zero-order valence-electron chi connectivity index (χ0n) is 11.3. The molecule has 1 heteroatoms. The van der Waals surface area contributed by atoms with Crippen LogP contribution in [0.15, 0.2) is 35.3 Å². The van der Waals surface area contributed by atoms with Gasteiger partial charge in [0.15, 0.2) is 0 Å². The molecule has 16 heavy (non-hydrogen) atoms. The normalized spacial score (nSPS) is 11.2. The van der Waals surface area contributed by atoms with Gasteiger partial charge in [-0.3, -0.25) is 4.99 Å². The monoisotopic (exact) mass is 217 g/mol. The highest BCUT2D eigenvalue weighted by Crippen LogP contribution is 2.14. The largest absolute Gasteiger partial charge is 0.288 e. The van der Waals surface area contributed by atoms with Crippen LogP contribution in [-0.4, -0.2) is 12.8 Å². The molecule has 0 saturated heterocycles. The lowest BCUT2D eigenvalue weighted by molar-refractivity contribution is 1.31. The lowest BCUT2D eigenvalue weighted by Crippen LogP contribution is -2.00. The second-order valence-corrected chi connectivity index (χ2v) is 3.36. The molecule has 0 spiro atoms. The summed E-state index contributed by atoms with van der Waals surface area (Å²) >= 11 is 0. The van der Waals surface area contributed by atoms with Crippen LogP contribution in [0.25, 0.3) is 0 Å². The molecule has 0 aliphatic rings. The van der Waals surface area contributed by atoms with E-state index in [4.69, 9.17) is 0 Å². The van der Waals surface area contributed by atoms with Gasteiger partial charge in [-0.2, -0.15) is 0 Å². The predicted octanol–water partition coefficient (Wildman–Crippen LogP) is 4.32. The highest BCUT2D eigenvalue weighted by atomic mass is 14.7. The Morgan fingerprint density at radius 2 is 1.81 bits per heavy atom. The molecule has 1 aromatic carbocycles. The predicted molar refractivity (Wildman–Crippen MR) is 74.5 cm³/mol. The lowest BCUT2D eigenvalue weighted by atomic mass is 9.99. The number of aliphatic imine (C=N–C) groups is 1. The van der Waals surface area contributed by atoms with E-state index in [2.05, 4.69) is 37.0 Å². The fourth-order valence-electron chi connectivity index (χ4n) is 1.47. The minimum Gasteiger partial charge on any atom is -0.288 e. The highest BCUT2D eigenvalue weighted by molar-refractivity contribution is 6.09. The third-order valence-electron chi connectivity index (χ3n) is 2.45. The van der Waals surface area contributed by atoms with Crippen LogP contribution >= 0.6 is 0 Å². The Bertz CT molecular complexity index is 373. The number of hydrogen-bond donors (Lipinski definition) is 0. The molecule has 0 aliphatic carbocycles. The van der Waals surface area contributed by atoms with E-state index in [9.17, 15) is 0 Å². The minimum atomic E-state index is 1.05. The van der Waals surface area contributed by atoms with Crippen molar-refractivity contribution >= 4 is 5.71 Å². The van der Waals surface area contributed by atoms with Crippen LogP contribution in [0, 0.1) is 13.8 Å². The molecule has 1 aromatic rings. The summed E-state index contributed by atoms with van der Waals surface area (Å²) in [6, 6.07) is 6.32. The van der Waals surface area contributed by atoms with Crippen molar-refractivity contribution in [3.63, 3.8) is 0 Å². The maximum atomic E-state index is 4.28. The topological polar surface area (TPSA) is 12.4 Å². The standard InChI is InChI=1S/C13H17N.C2H6/c1-5-7-13(14-4)12-9-6-8-10(2)11(12)3;1-2/h5-9H,1-4H3;1-2H3/b7-5-,14-13?;. The van der Waals surface area contributed by atoms with Crippen molar-refractivity contribution in [3.05, 3.63) is 47.0 Å². The number of rotatable bonds is 2. The van der Waals surface area contributed by atoms with Crippen LogP contribution in [0.3, 0.4) is 0 Å². The van der Waals surface area contributed by atoms with E-state index >= 15 is 0 Å². The Morgan fingerprint density at radius 1 is 1.19 bits per heavy atom. The van der Waals surface area contributed by atoms with Gasteiger partial charge < -0.3 is 0 Å². The zero-order chi connectivity index (χ0) is 12.6. The average molecular weight is 217 g/mol. The van der Waals surface area contributed by atoms with Gasteiger partial charge in [-0.1, -0.05) is 38.1 Å². The molecule has 0 bridgehead atoms. The van der Waals surface area contributed by atoms with E-state index in [1.165, 1.54) is 16.7 Å². The fourth-order valence-corrected chi connectivity index (χ4v) is 1.47. The van der Waals surface area contributed by atoms with E-state index < -0.39 is 0 Å². The summed E-state index contributed by atoms with van der Waals surface area (Å²) in [5, 5.41) is 0. The first kappa shape index (κ1) is 14.6. The second kappa shape index (κ2) is 7.86. The first-order valence-electron chi connectivity index (χ1n) is 5.86. The summed E-state index contributed by atoms with van der Waals surface area (Å²) in [6.45, 7) is 10.3. The van der Waals surface area contributed by atoms with E-state index in [0.29, 0.717) is 0 Å². The molecule has 0 N–H and O–H groups in total. The zero-order valence-corrected chi connectivity index (χ0v) is 11.3. The molecule has 0 aliphatic heterocycles. The Kier molecular flexibility index (Phi) is 7.19. The highest BCUT2D eigenvalue weighted by Gasteiger charge is 2.03. The van der Waals surface area contributed by atoms with E-state index in [0.717, 1.165) is 5.71 Å². The molecule has 0 heterocycles. The van der Waals surface area contributed by atoms with Gasteiger partial charge in [0.05, 0.1) is 5.71 Å². The van der Waals surface area contributed by atoms with Crippen molar-refractivity contribution in [2.45, 2.75) is 34.6 Å². The molecule has 0 atom stereocenters. The van der Waals surface area contributed by atoms with Crippen molar-refractivity contribution < 1.29 is 0 Å².